The van der Waals surface area contributed by atoms with E-state index in [0.717, 1.165) is 16.3 Å². The van der Waals surface area contributed by atoms with Gasteiger partial charge in [0.2, 0.25) is 5.91 Å². The molecule has 2 aromatic carbocycles. The highest BCUT2D eigenvalue weighted by Crippen LogP contribution is 2.18. The van der Waals surface area contributed by atoms with E-state index in [1.807, 2.05) is 56.6 Å². The van der Waals surface area contributed by atoms with E-state index in [9.17, 15) is 4.79 Å². The van der Waals surface area contributed by atoms with Crippen LogP contribution in [0.4, 0.5) is 0 Å². The van der Waals surface area contributed by atoms with Crippen molar-refractivity contribution in [1.82, 2.24) is 10.2 Å². The molecule has 0 aliphatic carbocycles. The Morgan fingerprint density at radius 3 is 2.58 bits per heavy atom. The van der Waals surface area contributed by atoms with Crippen LogP contribution in [0, 0.1) is 0 Å². The van der Waals surface area contributed by atoms with Gasteiger partial charge in [0.05, 0.1) is 11.8 Å². The van der Waals surface area contributed by atoms with Gasteiger partial charge in [-0.05, 0) is 37.4 Å². The number of rotatable bonds is 8. The van der Waals surface area contributed by atoms with Crippen molar-refractivity contribution in [2.24, 2.45) is 0 Å². The van der Waals surface area contributed by atoms with Gasteiger partial charge >= 0.3 is 0 Å². The average molecular weight is 363 g/mol. The smallest absolute Gasteiger partial charge is 0.230 e. The van der Waals surface area contributed by atoms with Gasteiger partial charge in [-0.2, -0.15) is 0 Å². The zero-order valence-electron chi connectivity index (χ0n) is 14.0. The number of hydrogen-bond donors (Lipinski definition) is 1. The van der Waals surface area contributed by atoms with E-state index >= 15 is 0 Å². The highest BCUT2D eigenvalue weighted by molar-refractivity contribution is 7.99. The second-order valence-electron chi connectivity index (χ2n) is 5.82. The Balaban J connectivity index is 1.77. The van der Waals surface area contributed by atoms with Crippen LogP contribution in [0.1, 0.15) is 17.2 Å². The number of thioether (sulfide) groups is 1. The fraction of sp³-hybridized carbons (Fsp3) is 0.316. The van der Waals surface area contributed by atoms with Crippen LogP contribution < -0.4 is 5.32 Å². The summed E-state index contributed by atoms with van der Waals surface area (Å²) in [5.41, 5.74) is 2.34. The summed E-state index contributed by atoms with van der Waals surface area (Å²) in [5, 5.41) is 3.76. The summed E-state index contributed by atoms with van der Waals surface area (Å²) in [6.07, 6.45) is 0. The number of nitrogens with one attached hydrogen (secondary N) is 1. The van der Waals surface area contributed by atoms with Gasteiger partial charge in [-0.25, -0.2) is 0 Å². The number of carbonyl (C=O) groups excluding carboxylic acids is 1. The Hall–Kier alpha value is -1.49. The number of nitrogens with zero attached hydrogens (tertiary/aromatic N) is 1. The number of halogens is 1. The van der Waals surface area contributed by atoms with Crippen LogP contribution in [-0.2, 0) is 10.5 Å². The monoisotopic (exact) mass is 362 g/mol. The lowest BCUT2D eigenvalue weighted by Crippen LogP contribution is -2.35. The molecule has 0 heterocycles. The molecule has 1 unspecified atom stereocenters. The minimum absolute atomic E-state index is 0.0600. The van der Waals surface area contributed by atoms with Gasteiger partial charge in [0.15, 0.2) is 0 Å². The second kappa shape index (κ2) is 9.72. The maximum Gasteiger partial charge on any atom is 0.230 e. The Morgan fingerprint density at radius 2 is 1.92 bits per heavy atom. The maximum absolute atomic E-state index is 12.1. The molecule has 1 N–H and O–H groups in total. The second-order valence-corrected chi connectivity index (χ2v) is 7.24. The predicted molar refractivity (Wildman–Crippen MR) is 103 cm³/mol. The molecule has 0 saturated carbocycles. The first-order valence-electron chi connectivity index (χ1n) is 7.86. The molecule has 1 amide bonds. The summed E-state index contributed by atoms with van der Waals surface area (Å²) in [6.45, 7) is 0.605. The maximum atomic E-state index is 12.1. The van der Waals surface area contributed by atoms with E-state index in [-0.39, 0.29) is 11.9 Å². The Morgan fingerprint density at radius 1 is 1.17 bits per heavy atom. The molecule has 128 valence electrons. The summed E-state index contributed by atoms with van der Waals surface area (Å²) in [6, 6.07) is 18.1. The first kappa shape index (κ1) is 18.8. The summed E-state index contributed by atoms with van der Waals surface area (Å²) in [7, 11) is 4.05. The van der Waals surface area contributed by atoms with E-state index in [0.29, 0.717) is 12.3 Å². The molecule has 0 radical (unpaired) electrons. The SMILES string of the molecule is CN(C)C(CNC(=O)CSCc1cccc(Cl)c1)c1ccccc1. The first-order chi connectivity index (χ1) is 11.6. The molecule has 0 spiro atoms. The van der Waals surface area contributed by atoms with Crippen LogP contribution in [0.3, 0.4) is 0 Å². The van der Waals surface area contributed by atoms with Crippen LogP contribution >= 0.6 is 23.4 Å². The Bertz CT molecular complexity index is 649. The molecule has 2 rings (SSSR count). The number of benzene rings is 2. The van der Waals surface area contributed by atoms with Crippen molar-refractivity contribution >= 4 is 29.3 Å². The van der Waals surface area contributed by atoms with Crippen molar-refractivity contribution in [3.8, 4) is 0 Å². The van der Waals surface area contributed by atoms with Gasteiger partial charge < -0.3 is 10.2 Å². The largest absolute Gasteiger partial charge is 0.353 e. The van der Waals surface area contributed by atoms with E-state index in [1.54, 1.807) is 11.8 Å². The molecule has 2 aromatic rings. The third kappa shape index (κ3) is 6.19. The van der Waals surface area contributed by atoms with Crippen molar-refractivity contribution in [1.29, 1.82) is 0 Å². The van der Waals surface area contributed by atoms with E-state index in [2.05, 4.69) is 22.3 Å². The number of carbonyl (C=O) groups is 1. The molecule has 24 heavy (non-hydrogen) atoms. The van der Waals surface area contributed by atoms with Gasteiger partial charge in [-0.15, -0.1) is 11.8 Å². The molecule has 0 fully saturated rings. The fourth-order valence-electron chi connectivity index (χ4n) is 2.42. The molecule has 0 bridgehead atoms. The topological polar surface area (TPSA) is 32.3 Å². The summed E-state index contributed by atoms with van der Waals surface area (Å²) < 4.78 is 0. The van der Waals surface area contributed by atoms with Crippen molar-refractivity contribution in [2.75, 3.05) is 26.4 Å². The molecule has 0 aromatic heterocycles. The lowest BCUT2D eigenvalue weighted by atomic mass is 10.1. The van der Waals surface area contributed by atoms with Gasteiger partial charge in [0.1, 0.15) is 0 Å². The van der Waals surface area contributed by atoms with E-state index in [1.165, 1.54) is 5.56 Å². The van der Waals surface area contributed by atoms with E-state index < -0.39 is 0 Å². The summed E-state index contributed by atoms with van der Waals surface area (Å²) in [4.78, 5) is 14.2. The fourth-order valence-corrected chi connectivity index (χ4v) is 3.44. The predicted octanol–water partition coefficient (Wildman–Crippen LogP) is 3.99. The third-order valence-electron chi connectivity index (χ3n) is 3.69. The minimum atomic E-state index is 0.0600. The average Bonchev–Trinajstić information content (AvgIpc) is 2.56. The van der Waals surface area contributed by atoms with Crippen LogP contribution in [0.25, 0.3) is 0 Å². The minimum Gasteiger partial charge on any atom is -0.353 e. The van der Waals surface area contributed by atoms with Crippen molar-refractivity contribution in [3.05, 3.63) is 70.7 Å². The lowest BCUT2D eigenvalue weighted by Gasteiger charge is -2.25. The molecule has 3 nitrogen and oxygen atoms in total. The normalized spacial score (nSPS) is 12.2. The van der Waals surface area contributed by atoms with Crippen molar-refractivity contribution in [3.63, 3.8) is 0 Å². The van der Waals surface area contributed by atoms with Crippen LogP contribution in [0.2, 0.25) is 5.02 Å². The first-order valence-corrected chi connectivity index (χ1v) is 9.40. The van der Waals surface area contributed by atoms with Gasteiger partial charge in [0, 0.05) is 17.3 Å². The van der Waals surface area contributed by atoms with Crippen LogP contribution in [0.5, 0.6) is 0 Å². The summed E-state index contributed by atoms with van der Waals surface area (Å²) >= 11 is 7.56. The highest BCUT2D eigenvalue weighted by Gasteiger charge is 2.14. The van der Waals surface area contributed by atoms with Gasteiger partial charge in [-0.1, -0.05) is 54.1 Å². The summed E-state index contributed by atoms with van der Waals surface area (Å²) in [5.74, 6) is 1.29. The molecule has 0 aliphatic rings. The number of hydrogen-bond acceptors (Lipinski definition) is 3. The highest BCUT2D eigenvalue weighted by atomic mass is 35.5. The molecule has 0 aliphatic heterocycles. The lowest BCUT2D eigenvalue weighted by molar-refractivity contribution is -0.118. The molecule has 1 atom stereocenters. The Labute approximate surface area is 153 Å². The van der Waals surface area contributed by atoms with Crippen LogP contribution in [-0.4, -0.2) is 37.2 Å². The van der Waals surface area contributed by atoms with E-state index in [4.69, 9.17) is 11.6 Å². The van der Waals surface area contributed by atoms with Crippen molar-refractivity contribution < 1.29 is 4.79 Å². The Kier molecular flexibility index (Phi) is 7.63. The van der Waals surface area contributed by atoms with Crippen LogP contribution in [0.15, 0.2) is 54.6 Å². The number of amides is 1. The van der Waals surface area contributed by atoms with Crippen molar-refractivity contribution in [2.45, 2.75) is 11.8 Å². The zero-order chi connectivity index (χ0) is 17.4. The zero-order valence-corrected chi connectivity index (χ0v) is 15.6. The standard InChI is InChI=1S/C19H23ClN2OS/c1-22(2)18(16-8-4-3-5-9-16)12-21-19(23)14-24-13-15-7-6-10-17(20)11-15/h3-11,18H,12-14H2,1-2H3,(H,21,23). The molecule has 0 saturated heterocycles. The van der Waals surface area contributed by atoms with Gasteiger partial charge in [0.25, 0.3) is 0 Å². The molecular weight excluding hydrogens is 340 g/mol. The molecule has 5 heteroatoms. The third-order valence-corrected chi connectivity index (χ3v) is 4.93. The quantitative estimate of drug-likeness (QED) is 0.770. The number of likely N-dealkylation sites (N-methyl/N-ethyl adjacent to an activating group) is 1. The van der Waals surface area contributed by atoms with Gasteiger partial charge in [-0.3, -0.25) is 4.79 Å². The molecular formula is C19H23ClN2OS.